The summed E-state index contributed by atoms with van der Waals surface area (Å²) in [4.78, 5) is 24.7. The van der Waals surface area contributed by atoms with Crippen LogP contribution in [-0.4, -0.2) is 46.4 Å². The van der Waals surface area contributed by atoms with Crippen molar-refractivity contribution in [2.24, 2.45) is 0 Å². The fourth-order valence-corrected chi connectivity index (χ4v) is 2.56. The fraction of sp³-hybridized carbons (Fsp3) is 0.333. The molecule has 0 aliphatic rings. The van der Waals surface area contributed by atoms with Crippen LogP contribution < -0.4 is 24.3 Å². The third kappa shape index (κ3) is 5.54. The van der Waals surface area contributed by atoms with Crippen molar-refractivity contribution in [1.82, 2.24) is 5.32 Å². The van der Waals surface area contributed by atoms with Crippen LogP contribution in [0.25, 0.3) is 0 Å². The van der Waals surface area contributed by atoms with Crippen LogP contribution in [0.3, 0.4) is 0 Å². The largest absolute Gasteiger partial charge is 0.497 e. The number of hydrogen-bond acceptors (Lipinski definition) is 7. The van der Waals surface area contributed by atoms with E-state index in [1.54, 1.807) is 19.2 Å². The molecule has 0 aliphatic carbocycles. The predicted octanol–water partition coefficient (Wildman–Crippen LogP) is 2.58. The summed E-state index contributed by atoms with van der Waals surface area (Å²) in [6, 6.07) is 10.2. The molecule has 0 aliphatic heterocycles. The van der Waals surface area contributed by atoms with Crippen molar-refractivity contribution in [2.75, 3.05) is 28.4 Å². The molecular formula is C21H25NO7. The van der Waals surface area contributed by atoms with E-state index in [4.69, 9.17) is 23.7 Å². The zero-order chi connectivity index (χ0) is 21.4. The van der Waals surface area contributed by atoms with E-state index < -0.39 is 18.0 Å². The molecule has 2 rings (SSSR count). The number of nitrogens with one attached hydrogen (secondary N) is 1. The number of esters is 1. The van der Waals surface area contributed by atoms with Gasteiger partial charge < -0.3 is 29.0 Å². The van der Waals surface area contributed by atoms with Gasteiger partial charge in [0.25, 0.3) is 5.91 Å². The van der Waals surface area contributed by atoms with Crippen LogP contribution in [0.2, 0.25) is 0 Å². The van der Waals surface area contributed by atoms with Gasteiger partial charge in [-0.05, 0) is 36.8 Å². The molecule has 0 unspecified atom stereocenters. The molecular weight excluding hydrogens is 378 g/mol. The van der Waals surface area contributed by atoms with Crippen molar-refractivity contribution in [3.63, 3.8) is 0 Å². The van der Waals surface area contributed by atoms with Crippen molar-refractivity contribution >= 4 is 11.9 Å². The van der Waals surface area contributed by atoms with E-state index in [1.807, 2.05) is 12.1 Å². The highest BCUT2D eigenvalue weighted by Gasteiger charge is 2.22. The molecule has 2 aromatic carbocycles. The zero-order valence-corrected chi connectivity index (χ0v) is 17.1. The van der Waals surface area contributed by atoms with Crippen LogP contribution >= 0.6 is 0 Å². The van der Waals surface area contributed by atoms with E-state index in [9.17, 15) is 9.59 Å². The highest BCUT2D eigenvalue weighted by atomic mass is 16.6. The lowest BCUT2D eigenvalue weighted by atomic mass is 10.1. The summed E-state index contributed by atoms with van der Waals surface area (Å²) in [6.07, 6.45) is -0.986. The predicted molar refractivity (Wildman–Crippen MR) is 106 cm³/mol. The Morgan fingerprint density at radius 2 is 1.48 bits per heavy atom. The maximum absolute atomic E-state index is 12.5. The SMILES string of the molecule is COc1ccc(CNC(=O)[C@@H](C)OC(=O)c2cc(OC)c(OC)c(OC)c2)cc1. The van der Waals surface area contributed by atoms with Gasteiger partial charge in [-0.1, -0.05) is 12.1 Å². The summed E-state index contributed by atoms with van der Waals surface area (Å²) >= 11 is 0. The van der Waals surface area contributed by atoms with Gasteiger partial charge in [-0.3, -0.25) is 4.79 Å². The molecule has 29 heavy (non-hydrogen) atoms. The molecule has 156 valence electrons. The number of carbonyl (C=O) groups is 2. The van der Waals surface area contributed by atoms with Crippen molar-refractivity contribution in [3.05, 3.63) is 47.5 Å². The monoisotopic (exact) mass is 403 g/mol. The Hall–Kier alpha value is -3.42. The third-order valence-corrected chi connectivity index (χ3v) is 4.18. The Morgan fingerprint density at radius 3 is 1.97 bits per heavy atom. The van der Waals surface area contributed by atoms with E-state index in [2.05, 4.69) is 5.32 Å². The topological polar surface area (TPSA) is 92.3 Å². The number of benzene rings is 2. The summed E-state index contributed by atoms with van der Waals surface area (Å²) in [6.45, 7) is 1.80. The van der Waals surface area contributed by atoms with Crippen molar-refractivity contribution in [1.29, 1.82) is 0 Å². The minimum absolute atomic E-state index is 0.175. The molecule has 0 saturated heterocycles. The third-order valence-electron chi connectivity index (χ3n) is 4.18. The molecule has 8 nitrogen and oxygen atoms in total. The number of amides is 1. The molecule has 1 N–H and O–H groups in total. The first-order valence-electron chi connectivity index (χ1n) is 8.85. The minimum Gasteiger partial charge on any atom is -0.497 e. The van der Waals surface area contributed by atoms with E-state index in [0.717, 1.165) is 11.3 Å². The van der Waals surface area contributed by atoms with Gasteiger partial charge in [0.1, 0.15) is 5.75 Å². The Labute approximate surface area is 169 Å². The molecule has 8 heteroatoms. The minimum atomic E-state index is -0.986. The Bertz CT molecular complexity index is 824. The van der Waals surface area contributed by atoms with Gasteiger partial charge in [-0.2, -0.15) is 0 Å². The van der Waals surface area contributed by atoms with Gasteiger partial charge in [-0.25, -0.2) is 4.79 Å². The number of methoxy groups -OCH3 is 4. The Balaban J connectivity index is 2.00. The summed E-state index contributed by atoms with van der Waals surface area (Å²) in [5.41, 5.74) is 1.07. The highest BCUT2D eigenvalue weighted by Crippen LogP contribution is 2.38. The van der Waals surface area contributed by atoms with Crippen LogP contribution in [0.15, 0.2) is 36.4 Å². The van der Waals surface area contributed by atoms with Crippen LogP contribution in [0.4, 0.5) is 0 Å². The van der Waals surface area contributed by atoms with Gasteiger partial charge in [0.05, 0.1) is 34.0 Å². The maximum atomic E-state index is 12.5. The smallest absolute Gasteiger partial charge is 0.339 e. The first kappa shape index (κ1) is 21.9. The second kappa shape index (κ2) is 10.2. The first-order valence-corrected chi connectivity index (χ1v) is 8.85. The van der Waals surface area contributed by atoms with Gasteiger partial charge in [0.2, 0.25) is 5.75 Å². The summed E-state index contributed by atoms with van der Waals surface area (Å²) in [5.74, 6) is 0.619. The van der Waals surface area contributed by atoms with Crippen molar-refractivity contribution in [2.45, 2.75) is 19.6 Å². The molecule has 0 bridgehead atoms. The van der Waals surface area contributed by atoms with Gasteiger partial charge >= 0.3 is 5.97 Å². The van der Waals surface area contributed by atoms with E-state index >= 15 is 0 Å². The zero-order valence-electron chi connectivity index (χ0n) is 17.1. The van der Waals surface area contributed by atoms with Crippen molar-refractivity contribution in [3.8, 4) is 23.0 Å². The average molecular weight is 403 g/mol. The number of hydrogen-bond donors (Lipinski definition) is 1. The molecule has 1 amide bonds. The van der Waals surface area contributed by atoms with Gasteiger partial charge in [-0.15, -0.1) is 0 Å². The van der Waals surface area contributed by atoms with Gasteiger partial charge in [0.15, 0.2) is 17.6 Å². The van der Waals surface area contributed by atoms with Gasteiger partial charge in [0, 0.05) is 6.54 Å². The van der Waals surface area contributed by atoms with Crippen LogP contribution in [0.5, 0.6) is 23.0 Å². The quantitative estimate of drug-likeness (QED) is 0.644. The Kier molecular flexibility index (Phi) is 7.70. The molecule has 0 radical (unpaired) electrons. The van der Waals surface area contributed by atoms with Crippen LogP contribution in [-0.2, 0) is 16.1 Å². The summed E-state index contributed by atoms with van der Waals surface area (Å²) < 4.78 is 26.0. The lowest BCUT2D eigenvalue weighted by molar-refractivity contribution is -0.129. The summed E-state index contributed by atoms with van der Waals surface area (Å²) in [7, 11) is 5.94. The van der Waals surface area contributed by atoms with Crippen LogP contribution in [0.1, 0.15) is 22.8 Å². The standard InChI is InChI=1S/C21H25NO7/c1-13(20(23)22-12-14-6-8-16(25-2)9-7-14)29-21(24)15-10-17(26-3)19(28-5)18(11-15)27-4/h6-11,13H,12H2,1-5H3,(H,22,23)/t13-/m1/s1. The van der Waals surface area contributed by atoms with Crippen molar-refractivity contribution < 1.29 is 33.3 Å². The molecule has 0 fully saturated rings. The van der Waals surface area contributed by atoms with Crippen LogP contribution in [0, 0.1) is 0 Å². The van der Waals surface area contributed by atoms with E-state index in [-0.39, 0.29) is 5.56 Å². The maximum Gasteiger partial charge on any atom is 0.339 e. The molecule has 1 atom stereocenters. The highest BCUT2D eigenvalue weighted by molar-refractivity contribution is 5.93. The second-order valence-corrected chi connectivity index (χ2v) is 6.03. The second-order valence-electron chi connectivity index (χ2n) is 6.03. The number of carbonyl (C=O) groups excluding carboxylic acids is 2. The molecule has 2 aromatic rings. The molecule has 0 spiro atoms. The fourth-order valence-electron chi connectivity index (χ4n) is 2.56. The number of rotatable bonds is 9. The lowest BCUT2D eigenvalue weighted by Gasteiger charge is -2.16. The lowest BCUT2D eigenvalue weighted by Crippen LogP contribution is -2.35. The normalized spacial score (nSPS) is 11.2. The number of ether oxygens (including phenoxy) is 5. The van der Waals surface area contributed by atoms with E-state index in [0.29, 0.717) is 23.8 Å². The summed E-state index contributed by atoms with van der Waals surface area (Å²) in [5, 5.41) is 2.73. The average Bonchev–Trinajstić information content (AvgIpc) is 2.76. The molecule has 0 saturated carbocycles. The van der Waals surface area contributed by atoms with E-state index in [1.165, 1.54) is 40.4 Å². The molecule has 0 heterocycles. The molecule has 0 aromatic heterocycles. The Morgan fingerprint density at radius 1 is 0.897 bits per heavy atom. The first-order chi connectivity index (χ1) is 13.9.